The van der Waals surface area contributed by atoms with Gasteiger partial charge < -0.3 is 20.2 Å². The van der Waals surface area contributed by atoms with Gasteiger partial charge in [-0.2, -0.15) is 0 Å². The maximum Gasteiger partial charge on any atom is 0.224 e. The number of rotatable bonds is 9. The molecule has 3 N–H and O–H groups in total. The smallest absolute Gasteiger partial charge is 0.224 e. The van der Waals surface area contributed by atoms with Gasteiger partial charge >= 0.3 is 0 Å². The molecule has 0 aliphatic heterocycles. The van der Waals surface area contributed by atoms with E-state index >= 15 is 0 Å². The second-order valence-corrected chi connectivity index (χ2v) is 6.76. The van der Waals surface area contributed by atoms with Gasteiger partial charge in [-0.1, -0.05) is 6.92 Å². The Morgan fingerprint density at radius 1 is 1.19 bits per heavy atom. The molecule has 6 nitrogen and oxygen atoms in total. The van der Waals surface area contributed by atoms with Gasteiger partial charge in [0.25, 0.3) is 0 Å². The zero-order chi connectivity index (χ0) is 18.5. The van der Waals surface area contributed by atoms with E-state index in [1.807, 2.05) is 12.1 Å². The zero-order valence-electron chi connectivity index (χ0n) is 14.9. The third kappa shape index (κ3) is 5.12. The van der Waals surface area contributed by atoms with E-state index in [1.165, 1.54) is 6.42 Å². The first-order valence-electron chi connectivity index (χ1n) is 8.91. The second-order valence-electron chi connectivity index (χ2n) is 6.76. The fourth-order valence-corrected chi connectivity index (χ4v) is 2.81. The molecule has 1 saturated carbocycles. The van der Waals surface area contributed by atoms with Crippen LogP contribution in [0.5, 0.6) is 5.75 Å². The number of nitrogens with two attached hydrogens (primary N) is 1. The molecule has 1 aromatic carbocycles. The molecule has 1 aromatic heterocycles. The number of amides is 2. The Hall–Kier alpha value is -2.76. The van der Waals surface area contributed by atoms with Crippen molar-refractivity contribution in [3.05, 3.63) is 47.9 Å². The summed E-state index contributed by atoms with van der Waals surface area (Å²) in [6, 6.07) is 11.0. The highest BCUT2D eigenvalue weighted by atomic mass is 16.5. The number of furan rings is 1. The minimum absolute atomic E-state index is 0.0647. The lowest BCUT2D eigenvalue weighted by atomic mass is 10.2. The molecule has 2 amide bonds. The quantitative estimate of drug-likeness (QED) is 0.721. The van der Waals surface area contributed by atoms with Crippen LogP contribution >= 0.6 is 0 Å². The van der Waals surface area contributed by atoms with Crippen LogP contribution in [0, 0.1) is 5.92 Å². The Morgan fingerprint density at radius 3 is 2.58 bits per heavy atom. The molecule has 1 fully saturated rings. The number of primary amides is 1. The van der Waals surface area contributed by atoms with Crippen LogP contribution in [-0.2, 0) is 16.0 Å². The van der Waals surface area contributed by atoms with Gasteiger partial charge in [-0.15, -0.1) is 0 Å². The highest BCUT2D eigenvalue weighted by molar-refractivity contribution is 5.90. The monoisotopic (exact) mass is 356 g/mol. The van der Waals surface area contributed by atoms with Crippen molar-refractivity contribution in [1.29, 1.82) is 0 Å². The maximum atomic E-state index is 12.1. The maximum absolute atomic E-state index is 12.1. The Labute approximate surface area is 152 Å². The van der Waals surface area contributed by atoms with Crippen LogP contribution in [0.4, 0.5) is 5.69 Å². The predicted molar refractivity (Wildman–Crippen MR) is 97.9 cm³/mol. The molecule has 138 valence electrons. The number of carbonyl (C=O) groups excluding carboxylic acids is 2. The Balaban J connectivity index is 1.41. The van der Waals surface area contributed by atoms with Gasteiger partial charge in [-0.3, -0.25) is 9.59 Å². The molecule has 1 aliphatic carbocycles. The van der Waals surface area contributed by atoms with Crippen molar-refractivity contribution in [2.45, 2.75) is 38.5 Å². The van der Waals surface area contributed by atoms with Crippen LogP contribution in [-0.4, -0.2) is 18.4 Å². The molecule has 0 bridgehead atoms. The first-order valence-corrected chi connectivity index (χ1v) is 8.91. The summed E-state index contributed by atoms with van der Waals surface area (Å²) in [5, 5.41) is 2.85. The normalized spacial score (nSPS) is 18.3. The van der Waals surface area contributed by atoms with Gasteiger partial charge in [0.2, 0.25) is 11.8 Å². The number of nitrogens with one attached hydrogen (secondary N) is 1. The van der Waals surface area contributed by atoms with E-state index < -0.39 is 5.91 Å². The van der Waals surface area contributed by atoms with Crippen LogP contribution in [0.2, 0.25) is 0 Å². The molecule has 1 heterocycles. The van der Waals surface area contributed by atoms with Crippen molar-refractivity contribution < 1.29 is 18.7 Å². The third-order valence-corrected chi connectivity index (χ3v) is 4.51. The molecule has 3 rings (SSSR count). The van der Waals surface area contributed by atoms with E-state index in [1.54, 1.807) is 24.3 Å². The average molecular weight is 356 g/mol. The molecular formula is C20H24N2O4. The molecule has 0 spiro atoms. The summed E-state index contributed by atoms with van der Waals surface area (Å²) < 4.78 is 11.2. The SMILES string of the molecule is CC1CC1c1ccc(CCC(=O)Nc2ccc(OCCC(N)=O)cc2)o1. The summed E-state index contributed by atoms with van der Waals surface area (Å²) in [7, 11) is 0. The standard InChI is InChI=1S/C20H24N2O4/c1-13-12-17(13)18-8-6-16(26-18)7-9-20(24)22-14-2-4-15(5-3-14)25-11-10-19(21)23/h2-6,8,13,17H,7,9-12H2,1H3,(H2,21,23)(H,22,24). The Bertz CT molecular complexity index is 766. The summed E-state index contributed by atoms with van der Waals surface area (Å²) in [5.41, 5.74) is 5.76. The van der Waals surface area contributed by atoms with Crippen molar-refractivity contribution in [1.82, 2.24) is 0 Å². The summed E-state index contributed by atoms with van der Waals surface area (Å²) in [5.74, 6) is 3.32. The van der Waals surface area contributed by atoms with Crippen LogP contribution in [0.3, 0.4) is 0 Å². The number of hydrogen-bond acceptors (Lipinski definition) is 4. The number of anilines is 1. The molecule has 6 heteroatoms. The number of carbonyl (C=O) groups is 2. The van der Waals surface area contributed by atoms with Crippen molar-refractivity contribution >= 4 is 17.5 Å². The molecule has 2 unspecified atom stereocenters. The lowest BCUT2D eigenvalue weighted by Crippen LogP contribution is -2.14. The minimum atomic E-state index is -0.399. The summed E-state index contributed by atoms with van der Waals surface area (Å²) in [4.78, 5) is 22.8. The molecule has 0 radical (unpaired) electrons. The first kappa shape index (κ1) is 18.0. The topological polar surface area (TPSA) is 94.6 Å². The second kappa shape index (κ2) is 8.08. The largest absolute Gasteiger partial charge is 0.493 e. The van der Waals surface area contributed by atoms with Crippen LogP contribution in [0.15, 0.2) is 40.8 Å². The summed E-state index contributed by atoms with van der Waals surface area (Å²) >= 11 is 0. The molecule has 0 saturated heterocycles. The van der Waals surface area contributed by atoms with Gasteiger partial charge in [-0.05, 0) is 48.7 Å². The van der Waals surface area contributed by atoms with E-state index in [0.717, 1.165) is 11.5 Å². The molecule has 2 aromatic rings. The zero-order valence-corrected chi connectivity index (χ0v) is 14.9. The predicted octanol–water partition coefficient (Wildman–Crippen LogP) is 3.23. The van der Waals surface area contributed by atoms with Crippen LogP contribution in [0.25, 0.3) is 0 Å². The van der Waals surface area contributed by atoms with Gasteiger partial charge in [0.05, 0.1) is 13.0 Å². The molecule has 1 aliphatic rings. The highest BCUT2D eigenvalue weighted by Crippen LogP contribution is 2.47. The third-order valence-electron chi connectivity index (χ3n) is 4.51. The van der Waals surface area contributed by atoms with Crippen molar-refractivity contribution in [3.8, 4) is 5.75 Å². The fourth-order valence-electron chi connectivity index (χ4n) is 2.81. The number of hydrogen-bond donors (Lipinski definition) is 2. The van der Waals surface area contributed by atoms with Crippen LogP contribution < -0.4 is 15.8 Å². The Kier molecular flexibility index (Phi) is 5.61. The number of benzene rings is 1. The van der Waals surface area contributed by atoms with E-state index in [0.29, 0.717) is 36.1 Å². The molecular weight excluding hydrogens is 332 g/mol. The van der Waals surface area contributed by atoms with Crippen molar-refractivity contribution in [3.63, 3.8) is 0 Å². The van der Waals surface area contributed by atoms with Gasteiger partial charge in [0.1, 0.15) is 17.3 Å². The number of ether oxygens (including phenoxy) is 1. The lowest BCUT2D eigenvalue weighted by Gasteiger charge is -2.07. The van der Waals surface area contributed by atoms with Crippen molar-refractivity contribution in [2.24, 2.45) is 11.7 Å². The van der Waals surface area contributed by atoms with Gasteiger partial charge in [-0.25, -0.2) is 0 Å². The van der Waals surface area contributed by atoms with Gasteiger partial charge in [0.15, 0.2) is 0 Å². The summed E-state index contributed by atoms with van der Waals surface area (Å²) in [6.45, 7) is 2.46. The first-order chi connectivity index (χ1) is 12.5. The van der Waals surface area contributed by atoms with Gasteiger partial charge in [0, 0.05) is 24.4 Å². The van der Waals surface area contributed by atoms with Crippen LogP contribution in [0.1, 0.15) is 43.6 Å². The Morgan fingerprint density at radius 2 is 1.92 bits per heavy atom. The minimum Gasteiger partial charge on any atom is -0.493 e. The van der Waals surface area contributed by atoms with E-state index in [-0.39, 0.29) is 18.9 Å². The average Bonchev–Trinajstić information content (AvgIpc) is 3.15. The van der Waals surface area contributed by atoms with E-state index in [2.05, 4.69) is 12.2 Å². The molecule has 2 atom stereocenters. The fraction of sp³-hybridized carbons (Fsp3) is 0.400. The van der Waals surface area contributed by atoms with E-state index in [4.69, 9.17) is 14.9 Å². The molecule has 26 heavy (non-hydrogen) atoms. The lowest BCUT2D eigenvalue weighted by molar-refractivity contribution is -0.118. The highest BCUT2D eigenvalue weighted by Gasteiger charge is 2.36. The summed E-state index contributed by atoms with van der Waals surface area (Å²) in [6.07, 6.45) is 2.31. The van der Waals surface area contributed by atoms with E-state index in [9.17, 15) is 9.59 Å². The number of aryl methyl sites for hydroxylation is 1. The van der Waals surface area contributed by atoms with Crippen molar-refractivity contribution in [2.75, 3.05) is 11.9 Å².